The zero-order valence-electron chi connectivity index (χ0n) is 11.4. The number of fused-ring (bicyclic) bond motifs is 3. The molecule has 6 heteroatoms. The fraction of sp³-hybridized carbons (Fsp3) is 0.125. The summed E-state index contributed by atoms with van der Waals surface area (Å²) in [6, 6.07) is 6.70. The van der Waals surface area contributed by atoms with E-state index in [4.69, 9.17) is 8.86 Å². The van der Waals surface area contributed by atoms with Crippen molar-refractivity contribution in [3.8, 4) is 0 Å². The van der Waals surface area contributed by atoms with Crippen LogP contribution >= 0.6 is 36.5 Å². The van der Waals surface area contributed by atoms with E-state index < -0.39 is 19.7 Å². The normalized spacial score (nSPS) is 16.9. The maximum atomic E-state index is 6.02. The summed E-state index contributed by atoms with van der Waals surface area (Å²) in [7, 11) is 6.02. The van der Waals surface area contributed by atoms with Crippen LogP contribution < -0.4 is 28.1 Å². The van der Waals surface area contributed by atoms with Gasteiger partial charge in [0.2, 0.25) is 0 Å². The molecule has 112 valence electrons. The second kappa shape index (κ2) is 7.72. The van der Waals surface area contributed by atoms with Crippen molar-refractivity contribution >= 4 is 51.5 Å². The third-order valence-electron chi connectivity index (χ3n) is 3.86. The van der Waals surface area contributed by atoms with E-state index in [0.717, 1.165) is 12.2 Å². The van der Waals surface area contributed by atoms with Crippen LogP contribution in [0.5, 0.6) is 0 Å². The van der Waals surface area contributed by atoms with Gasteiger partial charge in [0.15, 0.2) is 0 Å². The number of hydrogen-bond acceptors (Lipinski definition) is 2. The fourth-order valence-electron chi connectivity index (χ4n) is 2.92. The monoisotopic (exact) mass is 506 g/mol. The Kier molecular flexibility index (Phi) is 6.67. The average molecular weight is 509 g/mol. The molecular weight excluding hydrogens is 498 g/mol. The summed E-state index contributed by atoms with van der Waals surface area (Å²) >= 11 is 3.55. The molecule has 0 bridgehead atoms. The first kappa shape index (κ1) is 19.0. The number of rotatable bonds is 2. The molecule has 0 amide bonds. The molecule has 0 atom stereocenters. The van der Waals surface area contributed by atoms with Gasteiger partial charge in [0.1, 0.15) is 0 Å². The SMILES string of the molecule is [Cl-].[Cl-].[S]=[Zr+2]([C]1=CC=CC1)[c]1cccc2c1C1=C(Br)SCC1=C2. The Labute approximate surface area is 166 Å². The summed E-state index contributed by atoms with van der Waals surface area (Å²) in [5.74, 6) is 1.09. The number of halogens is 3. The van der Waals surface area contributed by atoms with Gasteiger partial charge in [0.05, 0.1) is 0 Å². The summed E-state index contributed by atoms with van der Waals surface area (Å²) in [6.45, 7) is 0. The summed E-state index contributed by atoms with van der Waals surface area (Å²) in [6.07, 6.45) is 10.1. The zero-order valence-corrected chi connectivity index (χ0v) is 18.6. The Morgan fingerprint density at radius 3 is 2.77 bits per heavy atom. The molecular formula is C16H11BrCl2S2Zr. The van der Waals surface area contributed by atoms with Gasteiger partial charge in [-0.2, -0.15) is 0 Å². The van der Waals surface area contributed by atoms with Gasteiger partial charge >= 0.3 is 144 Å². The number of hydrogen-bond donors (Lipinski definition) is 0. The summed E-state index contributed by atoms with van der Waals surface area (Å²) in [5.41, 5.74) is 5.71. The molecule has 0 saturated heterocycles. The van der Waals surface area contributed by atoms with Gasteiger partial charge in [0.25, 0.3) is 0 Å². The van der Waals surface area contributed by atoms with Crippen molar-refractivity contribution < 1.29 is 44.5 Å². The summed E-state index contributed by atoms with van der Waals surface area (Å²) in [4.78, 5) is 0. The predicted octanol–water partition coefficient (Wildman–Crippen LogP) is -0.898. The van der Waals surface area contributed by atoms with E-state index in [1.54, 1.807) is 0 Å². The van der Waals surface area contributed by atoms with Gasteiger partial charge in [0, 0.05) is 0 Å². The third kappa shape index (κ3) is 3.12. The number of allylic oxidation sites excluding steroid dienone is 5. The van der Waals surface area contributed by atoms with Crippen LogP contribution in [0.4, 0.5) is 0 Å². The molecule has 1 heterocycles. The van der Waals surface area contributed by atoms with E-state index >= 15 is 0 Å². The second-order valence-corrected chi connectivity index (χ2v) is 14.3. The van der Waals surface area contributed by atoms with Crippen molar-refractivity contribution in [3.05, 3.63) is 60.2 Å². The third-order valence-corrected chi connectivity index (χ3v) is 13.3. The van der Waals surface area contributed by atoms with E-state index in [1.165, 1.54) is 32.6 Å². The minimum atomic E-state index is -2.09. The Balaban J connectivity index is 0.000000882. The van der Waals surface area contributed by atoms with Gasteiger partial charge in [-0.3, -0.25) is 0 Å². The summed E-state index contributed by atoms with van der Waals surface area (Å²) in [5, 5.41) is 0. The molecule has 0 radical (unpaired) electrons. The standard InChI is InChI=1S/C11H6BrS.C5H5.2ClH.S.Zr/c12-11-10-8(6-13-11)5-7-3-1-2-4-9(7)10;1-2-4-5-3-1;;;;/h1-3,5H,6H2;1-3H,4H2;2*1H;;/q;;;;;+2/p-2. The predicted molar refractivity (Wildman–Crippen MR) is 91.8 cm³/mol. The van der Waals surface area contributed by atoms with Crippen LogP contribution in [0.15, 0.2) is 49.1 Å². The molecule has 0 nitrogen and oxygen atoms in total. The maximum absolute atomic E-state index is 6.02. The van der Waals surface area contributed by atoms with Crippen LogP contribution in [0, 0.1) is 0 Å². The topological polar surface area (TPSA) is 0 Å². The van der Waals surface area contributed by atoms with E-state index in [0.29, 0.717) is 0 Å². The second-order valence-electron chi connectivity index (χ2n) is 5.03. The molecule has 0 spiro atoms. The zero-order chi connectivity index (χ0) is 13.7. The Hall–Kier alpha value is 0.693. The van der Waals surface area contributed by atoms with Gasteiger partial charge < -0.3 is 24.8 Å². The van der Waals surface area contributed by atoms with Crippen LogP contribution in [0.2, 0.25) is 0 Å². The molecule has 0 fully saturated rings. The minimum absolute atomic E-state index is 0. The van der Waals surface area contributed by atoms with Gasteiger partial charge in [-0.25, -0.2) is 0 Å². The van der Waals surface area contributed by atoms with Crippen LogP contribution in [-0.2, 0) is 19.7 Å². The molecule has 1 aromatic rings. The van der Waals surface area contributed by atoms with Crippen molar-refractivity contribution in [2.24, 2.45) is 0 Å². The van der Waals surface area contributed by atoms with Gasteiger partial charge in [-0.15, -0.1) is 0 Å². The first-order chi connectivity index (χ1) is 9.75. The molecule has 3 aliphatic rings. The van der Waals surface area contributed by atoms with E-state index in [2.05, 4.69) is 58.4 Å². The van der Waals surface area contributed by atoms with E-state index in [-0.39, 0.29) is 24.8 Å². The van der Waals surface area contributed by atoms with Crippen LogP contribution in [0.3, 0.4) is 0 Å². The molecule has 0 saturated carbocycles. The molecule has 1 aliphatic heterocycles. The quantitative estimate of drug-likeness (QED) is 0.508. The summed E-state index contributed by atoms with van der Waals surface area (Å²) < 4.78 is 4.31. The van der Waals surface area contributed by atoms with Crippen molar-refractivity contribution in [3.63, 3.8) is 0 Å². The first-order valence-corrected chi connectivity index (χ1v) is 14.2. The van der Waals surface area contributed by atoms with Crippen LogP contribution in [0.1, 0.15) is 17.5 Å². The molecule has 22 heavy (non-hydrogen) atoms. The Morgan fingerprint density at radius 1 is 1.23 bits per heavy atom. The molecule has 4 rings (SSSR count). The Morgan fingerprint density at radius 2 is 2.05 bits per heavy atom. The Bertz CT molecular complexity index is 778. The number of benzene rings is 1. The van der Waals surface area contributed by atoms with Crippen molar-refractivity contribution in [1.29, 1.82) is 0 Å². The molecule has 0 N–H and O–H groups in total. The number of thioether (sulfide) groups is 1. The van der Waals surface area contributed by atoms with Gasteiger partial charge in [-0.05, 0) is 0 Å². The average Bonchev–Trinajstić information content (AvgIpc) is 3.15. The van der Waals surface area contributed by atoms with Crippen molar-refractivity contribution in [2.75, 3.05) is 5.75 Å². The van der Waals surface area contributed by atoms with Crippen LogP contribution in [0.25, 0.3) is 11.6 Å². The van der Waals surface area contributed by atoms with E-state index in [9.17, 15) is 0 Å². The fourth-order valence-corrected chi connectivity index (χ4v) is 10.5. The molecule has 1 aromatic carbocycles. The van der Waals surface area contributed by atoms with Crippen molar-refractivity contribution in [1.82, 2.24) is 0 Å². The van der Waals surface area contributed by atoms with Crippen LogP contribution in [-0.4, -0.2) is 5.75 Å². The van der Waals surface area contributed by atoms with Crippen molar-refractivity contribution in [2.45, 2.75) is 6.42 Å². The molecule has 0 unspecified atom stereocenters. The van der Waals surface area contributed by atoms with E-state index in [1.807, 2.05) is 11.8 Å². The molecule has 0 aromatic heterocycles. The molecule has 2 aliphatic carbocycles. The van der Waals surface area contributed by atoms with Gasteiger partial charge in [-0.1, -0.05) is 0 Å². The first-order valence-electron chi connectivity index (χ1n) is 6.53.